The normalized spacial score (nSPS) is 13.8. The summed E-state index contributed by atoms with van der Waals surface area (Å²) in [6.45, 7) is 1.66. The molecule has 3 rings (SSSR count). The SMILES string of the molecule is CS(=O)(=O)N(CC(=O)Nc1ccc(N2CCCC2)cc1)c1ccccc1C#N. The van der Waals surface area contributed by atoms with Gasteiger partial charge in [0, 0.05) is 24.5 Å². The Bertz CT molecular complexity index is 991. The fourth-order valence-corrected chi connectivity index (χ4v) is 4.10. The lowest BCUT2D eigenvalue weighted by Crippen LogP contribution is -2.37. The van der Waals surface area contributed by atoms with Crippen molar-refractivity contribution in [3.8, 4) is 6.07 Å². The monoisotopic (exact) mass is 398 g/mol. The van der Waals surface area contributed by atoms with Crippen LogP contribution in [-0.4, -0.2) is 40.2 Å². The molecule has 0 aliphatic carbocycles. The van der Waals surface area contributed by atoms with Crippen molar-refractivity contribution in [1.29, 1.82) is 5.26 Å². The molecular weight excluding hydrogens is 376 g/mol. The van der Waals surface area contributed by atoms with Gasteiger partial charge in [0.2, 0.25) is 15.9 Å². The van der Waals surface area contributed by atoms with Crippen LogP contribution in [0.3, 0.4) is 0 Å². The molecule has 1 saturated heterocycles. The van der Waals surface area contributed by atoms with Crippen LogP contribution in [0.15, 0.2) is 48.5 Å². The van der Waals surface area contributed by atoms with Gasteiger partial charge in [0.15, 0.2) is 0 Å². The Labute approximate surface area is 165 Å². The van der Waals surface area contributed by atoms with E-state index in [4.69, 9.17) is 0 Å². The minimum Gasteiger partial charge on any atom is -0.372 e. The molecule has 7 nitrogen and oxygen atoms in total. The highest BCUT2D eigenvalue weighted by atomic mass is 32.2. The van der Waals surface area contributed by atoms with E-state index in [0.717, 1.165) is 29.3 Å². The van der Waals surface area contributed by atoms with E-state index >= 15 is 0 Å². The first-order valence-corrected chi connectivity index (χ1v) is 10.8. The van der Waals surface area contributed by atoms with Gasteiger partial charge in [-0.25, -0.2) is 8.42 Å². The number of nitrogens with one attached hydrogen (secondary N) is 1. The van der Waals surface area contributed by atoms with Gasteiger partial charge in [0.25, 0.3) is 0 Å². The Balaban J connectivity index is 1.73. The summed E-state index contributed by atoms with van der Waals surface area (Å²) < 4.78 is 25.4. The number of para-hydroxylation sites is 1. The van der Waals surface area contributed by atoms with Crippen LogP contribution in [0.4, 0.5) is 17.1 Å². The van der Waals surface area contributed by atoms with Gasteiger partial charge in [-0.1, -0.05) is 12.1 Å². The van der Waals surface area contributed by atoms with Crippen molar-refractivity contribution in [3.63, 3.8) is 0 Å². The van der Waals surface area contributed by atoms with E-state index in [1.165, 1.54) is 25.0 Å². The van der Waals surface area contributed by atoms with Crippen molar-refractivity contribution in [2.24, 2.45) is 0 Å². The third-order valence-electron chi connectivity index (χ3n) is 4.60. The van der Waals surface area contributed by atoms with Crippen LogP contribution in [0.25, 0.3) is 0 Å². The minimum absolute atomic E-state index is 0.187. The van der Waals surface area contributed by atoms with Crippen molar-refractivity contribution in [1.82, 2.24) is 0 Å². The Morgan fingerprint density at radius 1 is 1.14 bits per heavy atom. The Morgan fingerprint density at radius 3 is 2.39 bits per heavy atom. The molecule has 1 N–H and O–H groups in total. The summed E-state index contributed by atoms with van der Waals surface area (Å²) in [6.07, 6.45) is 3.38. The van der Waals surface area contributed by atoms with Gasteiger partial charge in [-0.15, -0.1) is 0 Å². The first-order valence-electron chi connectivity index (χ1n) is 9.00. The number of benzene rings is 2. The smallest absolute Gasteiger partial charge is 0.245 e. The van der Waals surface area contributed by atoms with Crippen LogP contribution in [0.1, 0.15) is 18.4 Å². The number of carbonyl (C=O) groups is 1. The lowest BCUT2D eigenvalue weighted by Gasteiger charge is -2.23. The van der Waals surface area contributed by atoms with Crippen molar-refractivity contribution in [2.75, 3.05) is 40.4 Å². The molecule has 0 radical (unpaired) electrons. The fraction of sp³-hybridized carbons (Fsp3) is 0.300. The van der Waals surface area contributed by atoms with E-state index in [0.29, 0.717) is 5.69 Å². The number of carbonyl (C=O) groups excluding carboxylic acids is 1. The number of sulfonamides is 1. The highest BCUT2D eigenvalue weighted by molar-refractivity contribution is 7.92. The van der Waals surface area contributed by atoms with E-state index < -0.39 is 22.5 Å². The van der Waals surface area contributed by atoms with Crippen LogP contribution in [0.2, 0.25) is 0 Å². The summed E-state index contributed by atoms with van der Waals surface area (Å²) >= 11 is 0. The lowest BCUT2D eigenvalue weighted by molar-refractivity contribution is -0.114. The van der Waals surface area contributed by atoms with E-state index in [1.807, 2.05) is 18.2 Å². The Hall–Kier alpha value is -3.05. The zero-order chi connectivity index (χ0) is 20.1. The van der Waals surface area contributed by atoms with Gasteiger partial charge in [-0.2, -0.15) is 5.26 Å². The molecule has 0 unspecified atom stereocenters. The van der Waals surface area contributed by atoms with Crippen LogP contribution in [0.5, 0.6) is 0 Å². The average molecular weight is 398 g/mol. The van der Waals surface area contributed by atoms with Crippen LogP contribution in [0, 0.1) is 11.3 Å². The number of anilines is 3. The quantitative estimate of drug-likeness (QED) is 0.807. The second kappa shape index (κ2) is 8.31. The Morgan fingerprint density at radius 2 is 1.79 bits per heavy atom. The molecule has 8 heteroatoms. The molecule has 1 fully saturated rings. The third-order valence-corrected chi connectivity index (χ3v) is 5.73. The van der Waals surface area contributed by atoms with Gasteiger partial charge < -0.3 is 10.2 Å². The standard InChI is InChI=1S/C20H22N4O3S/c1-28(26,27)24(19-7-3-2-6-16(19)14-21)15-20(25)22-17-8-10-18(11-9-17)23-12-4-5-13-23/h2-3,6-11H,4-5,12-13,15H2,1H3,(H,22,25). The van der Waals surface area contributed by atoms with Gasteiger partial charge in [0.05, 0.1) is 17.5 Å². The Kier molecular flexibility index (Phi) is 5.85. The van der Waals surface area contributed by atoms with E-state index in [2.05, 4.69) is 10.2 Å². The molecule has 1 aliphatic rings. The maximum Gasteiger partial charge on any atom is 0.245 e. The molecule has 28 heavy (non-hydrogen) atoms. The predicted molar refractivity (Wildman–Crippen MR) is 110 cm³/mol. The summed E-state index contributed by atoms with van der Waals surface area (Å²) in [4.78, 5) is 14.8. The number of nitriles is 1. The highest BCUT2D eigenvalue weighted by Crippen LogP contribution is 2.24. The number of rotatable bonds is 6. The maximum atomic E-state index is 12.5. The maximum absolute atomic E-state index is 12.5. The lowest BCUT2D eigenvalue weighted by atomic mass is 10.2. The fourth-order valence-electron chi connectivity index (χ4n) is 3.23. The topological polar surface area (TPSA) is 93.5 Å². The molecule has 146 valence electrons. The first-order chi connectivity index (χ1) is 13.4. The molecular formula is C20H22N4O3S. The van der Waals surface area contributed by atoms with Crippen LogP contribution >= 0.6 is 0 Å². The molecule has 0 atom stereocenters. The molecule has 0 bridgehead atoms. The minimum atomic E-state index is -3.74. The highest BCUT2D eigenvalue weighted by Gasteiger charge is 2.23. The number of hydrogen-bond donors (Lipinski definition) is 1. The summed E-state index contributed by atoms with van der Waals surface area (Å²) in [6, 6.07) is 15.8. The molecule has 0 aromatic heterocycles. The van der Waals surface area contributed by atoms with Gasteiger partial charge in [-0.05, 0) is 49.2 Å². The molecule has 2 aromatic rings. The molecule has 0 saturated carbocycles. The molecule has 0 spiro atoms. The summed E-state index contributed by atoms with van der Waals surface area (Å²) in [7, 11) is -3.74. The summed E-state index contributed by atoms with van der Waals surface area (Å²) in [5.74, 6) is -0.480. The predicted octanol–water partition coefficient (Wildman–Crippen LogP) is 2.56. The number of amides is 1. The van der Waals surface area contributed by atoms with Gasteiger partial charge in [-0.3, -0.25) is 9.10 Å². The number of nitrogens with zero attached hydrogens (tertiary/aromatic N) is 3. The van der Waals surface area contributed by atoms with Crippen molar-refractivity contribution in [3.05, 3.63) is 54.1 Å². The van der Waals surface area contributed by atoms with E-state index in [-0.39, 0.29) is 11.3 Å². The zero-order valence-corrected chi connectivity index (χ0v) is 16.4. The summed E-state index contributed by atoms with van der Waals surface area (Å²) in [5.41, 5.74) is 2.08. The van der Waals surface area contributed by atoms with Crippen molar-refractivity contribution >= 4 is 33.0 Å². The van der Waals surface area contributed by atoms with E-state index in [9.17, 15) is 18.5 Å². The molecule has 1 amide bonds. The zero-order valence-electron chi connectivity index (χ0n) is 15.6. The number of hydrogen-bond acceptors (Lipinski definition) is 5. The average Bonchev–Trinajstić information content (AvgIpc) is 3.20. The molecule has 1 heterocycles. The van der Waals surface area contributed by atoms with Gasteiger partial charge >= 0.3 is 0 Å². The summed E-state index contributed by atoms with van der Waals surface area (Å²) in [5, 5.41) is 12.0. The molecule has 1 aliphatic heterocycles. The second-order valence-electron chi connectivity index (χ2n) is 6.69. The molecule has 2 aromatic carbocycles. The van der Waals surface area contributed by atoms with Crippen molar-refractivity contribution in [2.45, 2.75) is 12.8 Å². The third kappa shape index (κ3) is 4.61. The largest absolute Gasteiger partial charge is 0.372 e. The van der Waals surface area contributed by atoms with Crippen LogP contribution < -0.4 is 14.5 Å². The van der Waals surface area contributed by atoms with E-state index in [1.54, 1.807) is 24.3 Å². The first kappa shape index (κ1) is 19.7. The van der Waals surface area contributed by atoms with Crippen molar-refractivity contribution < 1.29 is 13.2 Å². The second-order valence-corrected chi connectivity index (χ2v) is 8.59. The van der Waals surface area contributed by atoms with Crippen LogP contribution in [-0.2, 0) is 14.8 Å². The van der Waals surface area contributed by atoms with Gasteiger partial charge in [0.1, 0.15) is 12.6 Å².